The van der Waals surface area contributed by atoms with Gasteiger partial charge in [0.15, 0.2) is 0 Å². The number of anilines is 1. The highest BCUT2D eigenvalue weighted by Crippen LogP contribution is 2.23. The van der Waals surface area contributed by atoms with Crippen molar-refractivity contribution in [1.29, 1.82) is 0 Å². The predicted molar refractivity (Wildman–Crippen MR) is 83.4 cm³/mol. The highest BCUT2D eigenvalue weighted by Gasteiger charge is 2.22. The molecule has 1 N–H and O–H groups in total. The maximum absolute atomic E-state index is 12.0. The first-order valence-corrected chi connectivity index (χ1v) is 7.35. The zero-order chi connectivity index (χ0) is 14.7. The number of nitrogens with one attached hydrogen (secondary N) is 1. The van der Waals surface area contributed by atoms with Crippen LogP contribution in [0.1, 0.15) is 25.0 Å². The molecule has 4 heteroatoms. The molecule has 1 saturated heterocycles. The summed E-state index contributed by atoms with van der Waals surface area (Å²) in [5.74, 6) is 0. The van der Waals surface area contributed by atoms with E-state index in [1.54, 1.807) is 0 Å². The zero-order valence-corrected chi connectivity index (χ0v) is 12.9. The molecule has 1 fully saturated rings. The maximum Gasteiger partial charge on any atom is 0.317 e. The van der Waals surface area contributed by atoms with Crippen LogP contribution in [0.5, 0.6) is 0 Å². The summed E-state index contributed by atoms with van der Waals surface area (Å²) in [5.41, 5.74) is 3.96. The first kappa shape index (κ1) is 14.7. The fourth-order valence-corrected chi connectivity index (χ4v) is 2.57. The third-order valence-electron chi connectivity index (χ3n) is 3.90. The van der Waals surface area contributed by atoms with Crippen LogP contribution in [0.2, 0.25) is 0 Å². The summed E-state index contributed by atoms with van der Waals surface area (Å²) in [5, 5.41) is 2.96. The van der Waals surface area contributed by atoms with E-state index >= 15 is 0 Å². The summed E-state index contributed by atoms with van der Waals surface area (Å²) < 4.78 is 0. The lowest BCUT2D eigenvalue weighted by Gasteiger charge is -2.37. The van der Waals surface area contributed by atoms with Gasteiger partial charge in [-0.25, -0.2) is 4.79 Å². The molecule has 0 spiro atoms. The summed E-state index contributed by atoms with van der Waals surface area (Å²) in [4.78, 5) is 16.2. The molecule has 1 aromatic carbocycles. The normalized spacial score (nSPS) is 15.7. The minimum atomic E-state index is 0.0561. The Balaban J connectivity index is 1.97. The van der Waals surface area contributed by atoms with Crippen molar-refractivity contribution in [2.75, 3.05) is 31.1 Å². The minimum Gasteiger partial charge on any atom is -0.368 e. The van der Waals surface area contributed by atoms with Crippen LogP contribution in [0.15, 0.2) is 18.2 Å². The summed E-state index contributed by atoms with van der Waals surface area (Å²) in [6.07, 6.45) is 0. The molecule has 20 heavy (non-hydrogen) atoms. The number of hydrogen-bond acceptors (Lipinski definition) is 2. The number of urea groups is 1. The molecule has 0 atom stereocenters. The van der Waals surface area contributed by atoms with Gasteiger partial charge in [-0.1, -0.05) is 12.1 Å². The predicted octanol–water partition coefficient (Wildman–Crippen LogP) is 2.54. The van der Waals surface area contributed by atoms with Gasteiger partial charge in [0, 0.05) is 37.9 Å². The van der Waals surface area contributed by atoms with Crippen molar-refractivity contribution in [3.8, 4) is 0 Å². The van der Waals surface area contributed by atoms with Gasteiger partial charge in [0.2, 0.25) is 0 Å². The Morgan fingerprint density at radius 2 is 1.80 bits per heavy atom. The van der Waals surface area contributed by atoms with Gasteiger partial charge >= 0.3 is 6.03 Å². The molecule has 1 aliphatic rings. The van der Waals surface area contributed by atoms with Crippen LogP contribution in [-0.2, 0) is 0 Å². The van der Waals surface area contributed by atoms with Gasteiger partial charge in [-0.15, -0.1) is 0 Å². The number of rotatable bonds is 2. The largest absolute Gasteiger partial charge is 0.368 e. The average Bonchev–Trinajstić information content (AvgIpc) is 2.41. The number of amides is 2. The lowest BCUT2D eigenvalue weighted by atomic mass is 10.1. The third kappa shape index (κ3) is 3.24. The summed E-state index contributed by atoms with van der Waals surface area (Å²) in [6.45, 7) is 11.7. The zero-order valence-electron chi connectivity index (χ0n) is 12.9. The van der Waals surface area contributed by atoms with E-state index in [4.69, 9.17) is 0 Å². The van der Waals surface area contributed by atoms with Crippen molar-refractivity contribution >= 4 is 11.7 Å². The van der Waals surface area contributed by atoms with Gasteiger partial charge < -0.3 is 15.1 Å². The average molecular weight is 275 g/mol. The van der Waals surface area contributed by atoms with Crippen LogP contribution in [0, 0.1) is 13.8 Å². The first-order chi connectivity index (χ1) is 9.49. The first-order valence-electron chi connectivity index (χ1n) is 7.35. The van der Waals surface area contributed by atoms with Crippen molar-refractivity contribution in [2.24, 2.45) is 0 Å². The lowest BCUT2D eigenvalue weighted by molar-refractivity contribution is 0.192. The number of carbonyl (C=O) groups is 1. The molecule has 0 aliphatic carbocycles. The Morgan fingerprint density at radius 3 is 2.40 bits per heavy atom. The number of hydrogen-bond donors (Lipinski definition) is 1. The molecule has 4 nitrogen and oxygen atoms in total. The van der Waals surface area contributed by atoms with Crippen molar-refractivity contribution < 1.29 is 4.79 Å². The molecule has 0 radical (unpaired) electrons. The van der Waals surface area contributed by atoms with Crippen molar-refractivity contribution in [3.05, 3.63) is 29.3 Å². The fourth-order valence-electron chi connectivity index (χ4n) is 2.57. The Kier molecular flexibility index (Phi) is 4.53. The van der Waals surface area contributed by atoms with Gasteiger partial charge in [0.05, 0.1) is 0 Å². The highest BCUT2D eigenvalue weighted by molar-refractivity contribution is 5.75. The number of piperazine rings is 1. The number of benzene rings is 1. The second-order valence-electron chi connectivity index (χ2n) is 5.80. The Bertz CT molecular complexity index is 477. The number of carbonyl (C=O) groups excluding carboxylic acids is 1. The molecule has 0 saturated carbocycles. The van der Waals surface area contributed by atoms with E-state index in [-0.39, 0.29) is 12.1 Å². The van der Waals surface area contributed by atoms with Crippen LogP contribution in [0.25, 0.3) is 0 Å². The van der Waals surface area contributed by atoms with Crippen molar-refractivity contribution in [3.63, 3.8) is 0 Å². The molecule has 1 heterocycles. The van der Waals surface area contributed by atoms with E-state index < -0.39 is 0 Å². The van der Waals surface area contributed by atoms with E-state index in [1.807, 2.05) is 18.7 Å². The topological polar surface area (TPSA) is 35.6 Å². The summed E-state index contributed by atoms with van der Waals surface area (Å²) in [7, 11) is 0. The Morgan fingerprint density at radius 1 is 1.15 bits per heavy atom. The van der Waals surface area contributed by atoms with Crippen molar-refractivity contribution in [1.82, 2.24) is 10.2 Å². The maximum atomic E-state index is 12.0. The molecule has 2 rings (SSSR count). The van der Waals surface area contributed by atoms with E-state index in [9.17, 15) is 4.79 Å². The number of nitrogens with zero attached hydrogens (tertiary/aromatic N) is 2. The standard InChI is InChI=1S/C16H25N3O/c1-12(2)17-16(20)19-10-8-18(9-11-19)15-7-5-6-13(3)14(15)4/h5-7,12H,8-11H2,1-4H3,(H,17,20). The van der Waals surface area contributed by atoms with E-state index in [2.05, 4.69) is 42.3 Å². The van der Waals surface area contributed by atoms with E-state index in [1.165, 1.54) is 16.8 Å². The molecule has 1 aliphatic heterocycles. The fraction of sp³-hybridized carbons (Fsp3) is 0.562. The SMILES string of the molecule is Cc1cccc(N2CCN(C(=O)NC(C)C)CC2)c1C. The van der Waals surface area contributed by atoms with Crippen LogP contribution < -0.4 is 10.2 Å². The monoisotopic (exact) mass is 275 g/mol. The molecular weight excluding hydrogens is 250 g/mol. The highest BCUT2D eigenvalue weighted by atomic mass is 16.2. The summed E-state index contributed by atoms with van der Waals surface area (Å²) in [6, 6.07) is 6.67. The second kappa shape index (κ2) is 6.16. The van der Waals surface area contributed by atoms with Crippen LogP contribution in [-0.4, -0.2) is 43.2 Å². The van der Waals surface area contributed by atoms with E-state index in [0.717, 1.165) is 26.2 Å². The van der Waals surface area contributed by atoms with Gasteiger partial charge in [0.25, 0.3) is 0 Å². The molecule has 110 valence electrons. The molecule has 0 unspecified atom stereocenters. The van der Waals surface area contributed by atoms with Gasteiger partial charge in [-0.05, 0) is 44.9 Å². The summed E-state index contributed by atoms with van der Waals surface area (Å²) >= 11 is 0. The minimum absolute atomic E-state index is 0.0561. The quantitative estimate of drug-likeness (QED) is 0.900. The van der Waals surface area contributed by atoms with Crippen molar-refractivity contribution in [2.45, 2.75) is 33.7 Å². The smallest absolute Gasteiger partial charge is 0.317 e. The van der Waals surface area contributed by atoms with E-state index in [0.29, 0.717) is 0 Å². The molecular formula is C16H25N3O. The number of aryl methyl sites for hydroxylation is 1. The lowest BCUT2D eigenvalue weighted by Crippen LogP contribution is -2.53. The van der Waals surface area contributed by atoms with Crippen LogP contribution in [0.4, 0.5) is 10.5 Å². The Hall–Kier alpha value is -1.71. The van der Waals surface area contributed by atoms with Crippen LogP contribution >= 0.6 is 0 Å². The molecule has 1 aromatic rings. The van der Waals surface area contributed by atoms with Gasteiger partial charge in [-0.3, -0.25) is 0 Å². The second-order valence-corrected chi connectivity index (χ2v) is 5.80. The molecule has 0 aromatic heterocycles. The van der Waals surface area contributed by atoms with Gasteiger partial charge in [-0.2, -0.15) is 0 Å². The molecule has 2 amide bonds. The van der Waals surface area contributed by atoms with Crippen LogP contribution in [0.3, 0.4) is 0 Å². The van der Waals surface area contributed by atoms with Gasteiger partial charge in [0.1, 0.15) is 0 Å². The third-order valence-corrected chi connectivity index (χ3v) is 3.90. The Labute approximate surface area is 121 Å². The molecule has 0 bridgehead atoms.